The summed E-state index contributed by atoms with van der Waals surface area (Å²) in [6.45, 7) is 4.97. The smallest absolute Gasteiger partial charge is 0.210 e. The van der Waals surface area contributed by atoms with Gasteiger partial charge in [0.25, 0.3) is 0 Å². The van der Waals surface area contributed by atoms with Gasteiger partial charge >= 0.3 is 0 Å². The molecule has 0 spiro atoms. The molecule has 4 atom stereocenters. The molecule has 0 N–H and O–H groups in total. The lowest BCUT2D eigenvalue weighted by molar-refractivity contribution is -0.119. The van der Waals surface area contributed by atoms with Crippen LogP contribution in [0.3, 0.4) is 0 Å². The summed E-state index contributed by atoms with van der Waals surface area (Å²) in [7, 11) is 0. The van der Waals surface area contributed by atoms with Crippen molar-refractivity contribution < 1.29 is 9.63 Å². The minimum Gasteiger partial charge on any atom is -0.389 e. The number of oxime groups is 1. The van der Waals surface area contributed by atoms with Crippen LogP contribution in [0.5, 0.6) is 0 Å². The van der Waals surface area contributed by atoms with Crippen molar-refractivity contribution in [1.82, 2.24) is 14.5 Å². The van der Waals surface area contributed by atoms with E-state index in [4.69, 9.17) is 4.84 Å². The molecule has 3 fully saturated rings. The molecule has 1 unspecified atom stereocenters. The lowest BCUT2D eigenvalue weighted by Gasteiger charge is -2.23. The van der Waals surface area contributed by atoms with E-state index in [0.717, 1.165) is 25.1 Å². The molecular formula is C17H22N4O2. The number of amides is 1. The Balaban J connectivity index is 1.39. The average molecular weight is 314 g/mol. The van der Waals surface area contributed by atoms with Crippen LogP contribution < -0.4 is 0 Å². The molecule has 2 saturated carbocycles. The fourth-order valence-electron chi connectivity index (χ4n) is 4.53. The Bertz CT molecular complexity index is 691. The van der Waals surface area contributed by atoms with Crippen LogP contribution in [0, 0.1) is 17.8 Å². The fraction of sp³-hybridized carbons (Fsp3) is 0.706. The van der Waals surface area contributed by atoms with E-state index in [-0.39, 0.29) is 11.6 Å². The van der Waals surface area contributed by atoms with E-state index in [1.165, 1.54) is 18.6 Å². The van der Waals surface area contributed by atoms with Gasteiger partial charge < -0.3 is 14.3 Å². The summed E-state index contributed by atoms with van der Waals surface area (Å²) in [5.74, 6) is 1.44. The molecule has 6 heteroatoms. The van der Waals surface area contributed by atoms with Gasteiger partial charge in [-0.1, -0.05) is 5.16 Å². The van der Waals surface area contributed by atoms with Gasteiger partial charge in [0, 0.05) is 31.1 Å². The second-order valence-electron chi connectivity index (χ2n) is 8.10. The van der Waals surface area contributed by atoms with E-state index in [1.807, 2.05) is 11.2 Å². The summed E-state index contributed by atoms with van der Waals surface area (Å²) in [4.78, 5) is 23.6. The summed E-state index contributed by atoms with van der Waals surface area (Å²) in [6, 6.07) is 0.732. The second kappa shape index (κ2) is 4.36. The molecule has 6 nitrogen and oxygen atoms in total. The van der Waals surface area contributed by atoms with Gasteiger partial charge in [0.1, 0.15) is 5.60 Å². The number of nitrogens with zero attached hydrogens (tertiary/aromatic N) is 4. The van der Waals surface area contributed by atoms with Crippen LogP contribution >= 0.6 is 0 Å². The Morgan fingerprint density at radius 1 is 1.39 bits per heavy atom. The molecule has 0 aromatic carbocycles. The highest BCUT2D eigenvalue weighted by atomic mass is 16.7. The average Bonchev–Trinajstić information content (AvgIpc) is 3.34. The van der Waals surface area contributed by atoms with E-state index < -0.39 is 0 Å². The summed E-state index contributed by atoms with van der Waals surface area (Å²) >= 11 is 0. The van der Waals surface area contributed by atoms with Gasteiger partial charge in [-0.2, -0.15) is 0 Å². The van der Waals surface area contributed by atoms with E-state index in [2.05, 4.69) is 34.8 Å². The summed E-state index contributed by atoms with van der Waals surface area (Å²) in [5, 5.41) is 4.34. The molecule has 1 saturated heterocycles. The first-order valence-corrected chi connectivity index (χ1v) is 8.57. The highest BCUT2D eigenvalue weighted by Gasteiger charge is 2.64. The van der Waals surface area contributed by atoms with Gasteiger partial charge in [-0.25, -0.2) is 4.98 Å². The quantitative estimate of drug-likeness (QED) is 0.800. The van der Waals surface area contributed by atoms with Crippen molar-refractivity contribution >= 4 is 12.1 Å². The Morgan fingerprint density at radius 2 is 2.22 bits per heavy atom. The number of imidazole rings is 1. The Hall–Kier alpha value is -1.85. The molecule has 0 radical (unpaired) electrons. The third kappa shape index (κ3) is 2.03. The Kier molecular flexibility index (Phi) is 2.58. The molecule has 23 heavy (non-hydrogen) atoms. The minimum atomic E-state index is -0.181. The topological polar surface area (TPSA) is 59.7 Å². The van der Waals surface area contributed by atoms with Crippen LogP contribution in [0.25, 0.3) is 0 Å². The zero-order valence-corrected chi connectivity index (χ0v) is 13.6. The Labute approximate surface area is 135 Å². The molecule has 5 rings (SSSR count). The van der Waals surface area contributed by atoms with Gasteiger partial charge in [0.15, 0.2) is 0 Å². The number of hydrogen-bond acceptors (Lipinski definition) is 4. The number of hydrogen-bond donors (Lipinski definition) is 0. The van der Waals surface area contributed by atoms with Crippen LogP contribution in [-0.2, 0) is 9.63 Å². The molecule has 2 aliphatic carbocycles. The molecule has 4 aliphatic rings. The number of carbonyl (C=O) groups is 1. The van der Waals surface area contributed by atoms with Crippen molar-refractivity contribution in [2.45, 2.75) is 50.8 Å². The van der Waals surface area contributed by atoms with Gasteiger partial charge in [0.05, 0.1) is 23.8 Å². The SMILES string of the molecule is CC1(C)CC([C@@H]2[C@@H]3CN(C=O)C(c4cn(C5CC5)cn4)[C@@H]32)=NO1. The third-order valence-electron chi connectivity index (χ3n) is 5.80. The first-order valence-electron chi connectivity index (χ1n) is 8.57. The monoisotopic (exact) mass is 314 g/mol. The zero-order chi connectivity index (χ0) is 15.8. The number of piperidine rings is 1. The van der Waals surface area contributed by atoms with Crippen LogP contribution in [0.4, 0.5) is 0 Å². The normalized spacial score (nSPS) is 37.3. The largest absolute Gasteiger partial charge is 0.389 e. The van der Waals surface area contributed by atoms with Crippen molar-refractivity contribution in [1.29, 1.82) is 0 Å². The maximum Gasteiger partial charge on any atom is 0.210 e. The van der Waals surface area contributed by atoms with Crippen LogP contribution in [0.15, 0.2) is 17.7 Å². The predicted molar refractivity (Wildman–Crippen MR) is 83.7 cm³/mol. The standard InChI is InChI=1S/C17H22N4O2/c1-17(2)5-12(19-23-17)14-11-6-21(9-22)16(15(11)14)13-7-20(8-18-13)10-3-4-10/h7-11,14-16H,3-6H2,1-2H3/t11-,14-,15-,16?/m0/s1. The summed E-state index contributed by atoms with van der Waals surface area (Å²) in [5.41, 5.74) is 2.04. The number of aromatic nitrogens is 2. The summed E-state index contributed by atoms with van der Waals surface area (Å²) in [6.07, 6.45) is 8.45. The predicted octanol–water partition coefficient (Wildman–Crippen LogP) is 2.15. The molecule has 3 heterocycles. The highest BCUT2D eigenvalue weighted by Crippen LogP contribution is 2.62. The van der Waals surface area contributed by atoms with E-state index in [9.17, 15) is 4.79 Å². The van der Waals surface area contributed by atoms with E-state index in [0.29, 0.717) is 23.8 Å². The van der Waals surface area contributed by atoms with Crippen LogP contribution in [0.2, 0.25) is 0 Å². The van der Waals surface area contributed by atoms with E-state index in [1.54, 1.807) is 0 Å². The van der Waals surface area contributed by atoms with Crippen molar-refractivity contribution in [3.63, 3.8) is 0 Å². The Morgan fingerprint density at radius 3 is 2.87 bits per heavy atom. The van der Waals surface area contributed by atoms with Crippen LogP contribution in [0.1, 0.15) is 50.9 Å². The van der Waals surface area contributed by atoms with Crippen molar-refractivity contribution in [3.05, 3.63) is 18.2 Å². The molecule has 1 aromatic rings. The molecule has 2 aliphatic heterocycles. The first kappa shape index (κ1) is 13.6. The lowest BCUT2D eigenvalue weighted by atomic mass is 9.96. The second-order valence-corrected chi connectivity index (χ2v) is 8.10. The van der Waals surface area contributed by atoms with Gasteiger partial charge in [-0.05, 0) is 38.5 Å². The number of carbonyl (C=O) groups excluding carboxylic acids is 1. The number of fused-ring (bicyclic) bond motifs is 1. The third-order valence-corrected chi connectivity index (χ3v) is 5.80. The minimum absolute atomic E-state index is 0.105. The molecule has 1 aromatic heterocycles. The van der Waals surface area contributed by atoms with E-state index >= 15 is 0 Å². The zero-order valence-electron chi connectivity index (χ0n) is 13.6. The molecular weight excluding hydrogens is 292 g/mol. The molecule has 0 bridgehead atoms. The summed E-state index contributed by atoms with van der Waals surface area (Å²) < 4.78 is 2.21. The lowest BCUT2D eigenvalue weighted by Crippen LogP contribution is -2.29. The fourth-order valence-corrected chi connectivity index (χ4v) is 4.53. The van der Waals surface area contributed by atoms with Gasteiger partial charge in [-0.3, -0.25) is 4.79 Å². The number of likely N-dealkylation sites (tertiary alicyclic amines) is 1. The van der Waals surface area contributed by atoms with Crippen LogP contribution in [-0.4, -0.2) is 38.7 Å². The maximum atomic E-state index is 11.5. The van der Waals surface area contributed by atoms with Crippen molar-refractivity contribution in [2.24, 2.45) is 22.9 Å². The van der Waals surface area contributed by atoms with Gasteiger partial charge in [0.2, 0.25) is 6.41 Å². The maximum absolute atomic E-state index is 11.5. The number of rotatable bonds is 4. The molecule has 122 valence electrons. The first-order chi connectivity index (χ1) is 11.1. The van der Waals surface area contributed by atoms with Gasteiger partial charge in [-0.15, -0.1) is 0 Å². The van der Waals surface area contributed by atoms with Crippen molar-refractivity contribution in [2.75, 3.05) is 6.54 Å². The molecule has 1 amide bonds. The van der Waals surface area contributed by atoms with Crippen molar-refractivity contribution in [3.8, 4) is 0 Å². The highest BCUT2D eigenvalue weighted by molar-refractivity contribution is 5.91.